The van der Waals surface area contributed by atoms with Gasteiger partial charge in [-0.2, -0.15) is 0 Å². The molecule has 22 heavy (non-hydrogen) atoms. The van der Waals surface area contributed by atoms with Gasteiger partial charge in [-0.15, -0.1) is 23.1 Å². The number of anilines is 1. The van der Waals surface area contributed by atoms with E-state index >= 15 is 0 Å². The van der Waals surface area contributed by atoms with E-state index in [-0.39, 0.29) is 5.91 Å². The number of aryl methyl sites for hydroxylation is 1. The zero-order chi connectivity index (χ0) is 16.3. The van der Waals surface area contributed by atoms with Crippen molar-refractivity contribution in [2.24, 2.45) is 5.73 Å². The van der Waals surface area contributed by atoms with Gasteiger partial charge in [0, 0.05) is 15.3 Å². The molecule has 2 amide bonds. The fraction of sp³-hybridized carbons (Fsp3) is 0.250. The second kappa shape index (κ2) is 6.98. The van der Waals surface area contributed by atoms with Gasteiger partial charge in [-0.1, -0.05) is 6.92 Å². The van der Waals surface area contributed by atoms with Crippen LogP contribution in [0.25, 0.3) is 0 Å². The molecule has 0 aliphatic heterocycles. The van der Waals surface area contributed by atoms with Gasteiger partial charge in [0.25, 0.3) is 11.8 Å². The largest absolute Gasteiger partial charge is 0.365 e. The zero-order valence-corrected chi connectivity index (χ0v) is 14.4. The van der Waals surface area contributed by atoms with Crippen molar-refractivity contribution in [3.63, 3.8) is 0 Å². The molecule has 0 bridgehead atoms. The van der Waals surface area contributed by atoms with Crippen molar-refractivity contribution in [1.82, 2.24) is 0 Å². The Morgan fingerprint density at radius 2 is 1.86 bits per heavy atom. The highest BCUT2D eigenvalue weighted by atomic mass is 32.2. The van der Waals surface area contributed by atoms with Crippen molar-refractivity contribution >= 4 is 39.9 Å². The first-order valence-electron chi connectivity index (χ1n) is 6.88. The number of thioether (sulfide) groups is 1. The third-order valence-electron chi connectivity index (χ3n) is 3.29. The van der Waals surface area contributed by atoms with Crippen LogP contribution in [0, 0.1) is 13.8 Å². The van der Waals surface area contributed by atoms with E-state index in [0.29, 0.717) is 16.1 Å². The lowest BCUT2D eigenvalue weighted by molar-refractivity contribution is 0.100. The van der Waals surface area contributed by atoms with Crippen molar-refractivity contribution in [1.29, 1.82) is 0 Å². The first-order chi connectivity index (χ1) is 10.4. The maximum Gasteiger partial charge on any atom is 0.256 e. The molecular weight excluding hydrogens is 316 g/mol. The van der Waals surface area contributed by atoms with Crippen LogP contribution in [0.2, 0.25) is 0 Å². The van der Waals surface area contributed by atoms with E-state index < -0.39 is 5.91 Å². The summed E-state index contributed by atoms with van der Waals surface area (Å²) in [5.74, 6) is 0.227. The molecule has 116 valence electrons. The van der Waals surface area contributed by atoms with Crippen molar-refractivity contribution in [2.75, 3.05) is 11.1 Å². The maximum atomic E-state index is 12.3. The highest BCUT2D eigenvalue weighted by Crippen LogP contribution is 2.32. The Kier molecular flexibility index (Phi) is 5.26. The van der Waals surface area contributed by atoms with Crippen LogP contribution in [0.15, 0.2) is 29.2 Å². The Morgan fingerprint density at radius 3 is 2.41 bits per heavy atom. The Morgan fingerprint density at radius 1 is 1.23 bits per heavy atom. The number of nitrogens with one attached hydrogen (secondary N) is 1. The van der Waals surface area contributed by atoms with Crippen LogP contribution in [0.3, 0.4) is 0 Å². The molecule has 1 heterocycles. The lowest BCUT2D eigenvalue weighted by Gasteiger charge is -2.06. The standard InChI is InChI=1S/C16H18N2O2S2/c1-4-21-12-7-5-11(6-8-12)15(20)18-16-13(14(17)19)9(2)10(3)22-16/h5-8H,4H2,1-3H3,(H2,17,19)(H,18,20). The number of rotatable bonds is 5. The summed E-state index contributed by atoms with van der Waals surface area (Å²) in [5.41, 5.74) is 7.18. The lowest BCUT2D eigenvalue weighted by Crippen LogP contribution is -2.17. The van der Waals surface area contributed by atoms with Crippen molar-refractivity contribution in [3.05, 3.63) is 45.8 Å². The van der Waals surface area contributed by atoms with Gasteiger partial charge in [0.05, 0.1) is 5.56 Å². The van der Waals surface area contributed by atoms with Gasteiger partial charge in [-0.25, -0.2) is 0 Å². The molecule has 1 aromatic carbocycles. The quantitative estimate of drug-likeness (QED) is 0.816. The predicted octanol–water partition coefficient (Wildman–Crippen LogP) is 3.83. The van der Waals surface area contributed by atoms with E-state index in [0.717, 1.165) is 21.1 Å². The molecule has 0 aliphatic carbocycles. The molecule has 0 aliphatic rings. The van der Waals surface area contributed by atoms with Gasteiger partial charge in [0.2, 0.25) is 0 Å². The molecule has 3 N–H and O–H groups in total. The fourth-order valence-electron chi connectivity index (χ4n) is 2.06. The summed E-state index contributed by atoms with van der Waals surface area (Å²) in [7, 11) is 0. The number of nitrogens with two attached hydrogens (primary N) is 1. The molecule has 0 spiro atoms. The monoisotopic (exact) mass is 334 g/mol. The van der Waals surface area contributed by atoms with Crippen molar-refractivity contribution in [3.8, 4) is 0 Å². The highest BCUT2D eigenvalue weighted by Gasteiger charge is 2.19. The fourth-order valence-corrected chi connectivity index (χ4v) is 3.78. The second-order valence-corrected chi connectivity index (χ2v) is 7.33. The summed E-state index contributed by atoms with van der Waals surface area (Å²) < 4.78 is 0. The summed E-state index contributed by atoms with van der Waals surface area (Å²) >= 11 is 3.09. The molecule has 2 rings (SSSR count). The van der Waals surface area contributed by atoms with E-state index in [1.165, 1.54) is 11.3 Å². The number of hydrogen-bond acceptors (Lipinski definition) is 4. The van der Waals surface area contributed by atoms with Gasteiger partial charge < -0.3 is 11.1 Å². The Hall–Kier alpha value is -1.79. The molecule has 6 heteroatoms. The van der Waals surface area contributed by atoms with Crippen LogP contribution in [0.4, 0.5) is 5.00 Å². The van der Waals surface area contributed by atoms with Gasteiger partial charge in [-0.05, 0) is 49.4 Å². The van der Waals surface area contributed by atoms with Crippen LogP contribution >= 0.6 is 23.1 Å². The molecule has 1 aromatic heterocycles. The van der Waals surface area contributed by atoms with Crippen molar-refractivity contribution < 1.29 is 9.59 Å². The minimum Gasteiger partial charge on any atom is -0.365 e. The normalized spacial score (nSPS) is 10.5. The molecular formula is C16H18N2O2S2. The number of hydrogen-bond donors (Lipinski definition) is 2. The van der Waals surface area contributed by atoms with Gasteiger partial charge in [-0.3, -0.25) is 9.59 Å². The van der Waals surface area contributed by atoms with Gasteiger partial charge in [0.1, 0.15) is 5.00 Å². The number of carbonyl (C=O) groups is 2. The average Bonchev–Trinajstić information content (AvgIpc) is 2.74. The van der Waals surface area contributed by atoms with E-state index in [1.54, 1.807) is 23.9 Å². The minimum absolute atomic E-state index is 0.239. The van der Waals surface area contributed by atoms with Crippen LogP contribution < -0.4 is 11.1 Å². The summed E-state index contributed by atoms with van der Waals surface area (Å²) in [5, 5.41) is 3.31. The van der Waals surface area contributed by atoms with E-state index in [1.807, 2.05) is 26.0 Å². The first-order valence-corrected chi connectivity index (χ1v) is 8.68. The highest BCUT2D eigenvalue weighted by molar-refractivity contribution is 7.99. The first kappa shape index (κ1) is 16.6. The minimum atomic E-state index is -0.521. The predicted molar refractivity (Wildman–Crippen MR) is 93.1 cm³/mol. The Balaban J connectivity index is 2.22. The molecule has 0 radical (unpaired) electrons. The van der Waals surface area contributed by atoms with Crippen LogP contribution in [0.5, 0.6) is 0 Å². The topological polar surface area (TPSA) is 72.2 Å². The zero-order valence-electron chi connectivity index (χ0n) is 12.7. The maximum absolute atomic E-state index is 12.3. The number of benzene rings is 1. The molecule has 0 unspecified atom stereocenters. The molecule has 0 saturated carbocycles. The van der Waals surface area contributed by atoms with E-state index in [2.05, 4.69) is 12.2 Å². The average molecular weight is 334 g/mol. The summed E-state index contributed by atoms with van der Waals surface area (Å²) in [6.45, 7) is 5.81. The van der Waals surface area contributed by atoms with Crippen LogP contribution in [-0.4, -0.2) is 17.6 Å². The van der Waals surface area contributed by atoms with Gasteiger partial charge in [0.15, 0.2) is 0 Å². The van der Waals surface area contributed by atoms with Crippen molar-refractivity contribution in [2.45, 2.75) is 25.7 Å². The number of thiophene rings is 1. The number of carbonyl (C=O) groups excluding carboxylic acids is 2. The molecule has 4 nitrogen and oxygen atoms in total. The summed E-state index contributed by atoms with van der Waals surface area (Å²) in [6.07, 6.45) is 0. The summed E-state index contributed by atoms with van der Waals surface area (Å²) in [6, 6.07) is 7.40. The molecule has 0 atom stereocenters. The lowest BCUT2D eigenvalue weighted by atomic mass is 10.1. The van der Waals surface area contributed by atoms with Crippen LogP contribution in [0.1, 0.15) is 38.1 Å². The summed E-state index contributed by atoms with van der Waals surface area (Å²) in [4.78, 5) is 26.0. The second-order valence-electron chi connectivity index (χ2n) is 4.76. The number of amides is 2. The smallest absolute Gasteiger partial charge is 0.256 e. The number of primary amides is 1. The Labute approximate surface area is 138 Å². The van der Waals surface area contributed by atoms with Gasteiger partial charge >= 0.3 is 0 Å². The molecule has 0 saturated heterocycles. The Bertz CT molecular complexity index is 706. The third kappa shape index (κ3) is 3.51. The van der Waals surface area contributed by atoms with E-state index in [9.17, 15) is 9.59 Å². The third-order valence-corrected chi connectivity index (χ3v) is 5.30. The van der Waals surface area contributed by atoms with Crippen LogP contribution in [-0.2, 0) is 0 Å². The molecule has 0 fully saturated rings. The molecule has 2 aromatic rings. The SMILES string of the molecule is CCSc1ccc(C(=O)Nc2sc(C)c(C)c2C(N)=O)cc1. The van der Waals surface area contributed by atoms with E-state index in [4.69, 9.17) is 5.73 Å².